The molecule has 1 rings (SSSR count). The Balaban J connectivity index is 3.05. The van der Waals surface area contributed by atoms with Gasteiger partial charge < -0.3 is 25.6 Å². The predicted octanol–water partition coefficient (Wildman–Crippen LogP) is 0.172. The molecule has 258 valence electrons. The van der Waals surface area contributed by atoms with Crippen LogP contribution in [0.5, 0.6) is 0 Å². The molecule has 0 aliphatic rings. The predicted molar refractivity (Wildman–Crippen MR) is 171 cm³/mol. The first-order valence-electron chi connectivity index (χ1n) is 14.9. The first-order chi connectivity index (χ1) is 22.5. The highest BCUT2D eigenvalue weighted by molar-refractivity contribution is 5.94. The van der Waals surface area contributed by atoms with E-state index in [1.807, 2.05) is 0 Å². The van der Waals surface area contributed by atoms with E-state index in [4.69, 9.17) is 0 Å². The van der Waals surface area contributed by atoms with Gasteiger partial charge in [0.2, 0.25) is 0 Å². The van der Waals surface area contributed by atoms with Crippen molar-refractivity contribution in [1.29, 1.82) is 0 Å². The quantitative estimate of drug-likeness (QED) is 0.0282. The lowest BCUT2D eigenvalue weighted by Crippen LogP contribution is -2.40. The molecular formula is C31H45N7O9. The molecule has 0 atom stereocenters. The number of nitrogens with zero attached hydrogens (tertiary/aromatic N) is 5. The van der Waals surface area contributed by atoms with Gasteiger partial charge in [0.15, 0.2) is 0 Å². The summed E-state index contributed by atoms with van der Waals surface area (Å²) in [5.41, 5.74) is -1.17. The Bertz CT molecular complexity index is 1370. The van der Waals surface area contributed by atoms with Crippen LogP contribution in [0.15, 0.2) is 70.8 Å². The number of aromatic nitrogens is 1. The molecule has 3 amide bonds. The Hall–Kier alpha value is -5.06. The maximum atomic E-state index is 13.4. The number of aldehydes is 2. The van der Waals surface area contributed by atoms with Gasteiger partial charge >= 0.3 is 0 Å². The van der Waals surface area contributed by atoms with Crippen molar-refractivity contribution >= 4 is 30.3 Å². The van der Waals surface area contributed by atoms with Gasteiger partial charge in [0.05, 0.1) is 0 Å². The van der Waals surface area contributed by atoms with Crippen molar-refractivity contribution in [2.45, 2.75) is 25.7 Å². The number of pyridine rings is 1. The molecule has 5 N–H and O–H groups in total. The molecule has 0 bridgehead atoms. The average molecular weight is 660 g/mol. The largest absolute Gasteiger partial charge is 0.425 e. The Kier molecular flexibility index (Phi) is 19.1. The summed E-state index contributed by atoms with van der Waals surface area (Å²) in [5, 5.41) is 36.9. The molecule has 0 unspecified atom stereocenters. The van der Waals surface area contributed by atoms with Crippen LogP contribution in [0.4, 0.5) is 0 Å². The van der Waals surface area contributed by atoms with Gasteiger partial charge in [0, 0.05) is 52.9 Å². The number of amides is 3. The minimum atomic E-state index is -0.766. The van der Waals surface area contributed by atoms with Crippen molar-refractivity contribution < 1.29 is 39.6 Å². The molecule has 1 aromatic heterocycles. The molecule has 16 nitrogen and oxygen atoms in total. The van der Waals surface area contributed by atoms with E-state index in [0.717, 1.165) is 12.1 Å². The third-order valence-electron chi connectivity index (χ3n) is 6.61. The minimum absolute atomic E-state index is 0.0377. The maximum Gasteiger partial charge on any atom is 0.283 e. The second-order valence-corrected chi connectivity index (χ2v) is 10.1. The standard InChI is InChI=1S/C31H45N7O9/c1-32-17-11-21-36(30(43)26(34(2)45)13-4-8-23-39)19-6-7-20-37(31(44)27(35(3)46)14-5-9-24-40)22-12-18-33-29(42)25-15-10-16-28(41)38(25)47/h4-5,8-10,13-16,23-24,32,45-47H,6-7,11-12,17-22H2,1-3H3,(H,33,42)/b8-4-,9-5-,26-13-,27-14-. The molecule has 0 saturated heterocycles. The van der Waals surface area contributed by atoms with Crippen LogP contribution in [0.2, 0.25) is 0 Å². The molecule has 0 saturated carbocycles. The Morgan fingerprint density at radius 3 is 1.68 bits per heavy atom. The van der Waals surface area contributed by atoms with Gasteiger partial charge in [-0.2, -0.15) is 0 Å². The third kappa shape index (κ3) is 14.3. The molecule has 47 heavy (non-hydrogen) atoms. The number of hydroxylamine groups is 4. The molecule has 0 radical (unpaired) electrons. The lowest BCUT2D eigenvalue weighted by molar-refractivity contribution is -0.136. The van der Waals surface area contributed by atoms with Crippen LogP contribution < -0.4 is 16.2 Å². The zero-order valence-corrected chi connectivity index (χ0v) is 26.9. The zero-order chi connectivity index (χ0) is 35.2. The summed E-state index contributed by atoms with van der Waals surface area (Å²) in [7, 11) is 4.34. The van der Waals surface area contributed by atoms with E-state index in [0.29, 0.717) is 55.1 Å². The molecule has 16 heteroatoms. The van der Waals surface area contributed by atoms with E-state index in [2.05, 4.69) is 10.6 Å². The van der Waals surface area contributed by atoms with Crippen molar-refractivity contribution in [3.05, 3.63) is 82.1 Å². The lowest BCUT2D eigenvalue weighted by Gasteiger charge is -2.28. The van der Waals surface area contributed by atoms with Gasteiger partial charge in [0.1, 0.15) is 29.7 Å². The molecule has 0 aliphatic heterocycles. The topological polar surface area (TPSA) is 205 Å². The van der Waals surface area contributed by atoms with Gasteiger partial charge in [-0.1, -0.05) is 18.2 Å². The highest BCUT2D eigenvalue weighted by atomic mass is 16.5. The zero-order valence-electron chi connectivity index (χ0n) is 26.9. The summed E-state index contributed by atoms with van der Waals surface area (Å²) in [5.74, 6) is -1.70. The van der Waals surface area contributed by atoms with Crippen LogP contribution in [0.3, 0.4) is 0 Å². The van der Waals surface area contributed by atoms with E-state index in [1.165, 1.54) is 61.5 Å². The van der Waals surface area contributed by atoms with E-state index in [1.54, 1.807) is 11.9 Å². The van der Waals surface area contributed by atoms with Crippen LogP contribution in [-0.4, -0.2) is 131 Å². The molecule has 0 aromatic carbocycles. The summed E-state index contributed by atoms with van der Waals surface area (Å²) in [6, 6.07) is 3.71. The van der Waals surface area contributed by atoms with Crippen LogP contribution in [0.1, 0.15) is 36.2 Å². The fourth-order valence-electron chi connectivity index (χ4n) is 4.24. The summed E-state index contributed by atoms with van der Waals surface area (Å²) in [4.78, 5) is 75.2. The van der Waals surface area contributed by atoms with Gasteiger partial charge in [-0.15, -0.1) is 4.73 Å². The van der Waals surface area contributed by atoms with Crippen molar-refractivity contribution in [2.75, 3.05) is 60.4 Å². The van der Waals surface area contributed by atoms with E-state index >= 15 is 0 Å². The van der Waals surface area contributed by atoms with Crippen LogP contribution in [0, 0.1) is 0 Å². The highest BCUT2D eigenvalue weighted by Gasteiger charge is 2.22. The van der Waals surface area contributed by atoms with Gasteiger partial charge in [-0.05, 0) is 69.6 Å². The van der Waals surface area contributed by atoms with Crippen molar-refractivity contribution in [1.82, 2.24) is 35.3 Å². The third-order valence-corrected chi connectivity index (χ3v) is 6.61. The average Bonchev–Trinajstić information content (AvgIpc) is 3.03. The lowest BCUT2D eigenvalue weighted by atomic mass is 10.2. The van der Waals surface area contributed by atoms with Gasteiger partial charge in [0.25, 0.3) is 23.3 Å². The van der Waals surface area contributed by atoms with Crippen LogP contribution in [0.25, 0.3) is 0 Å². The summed E-state index contributed by atoms with van der Waals surface area (Å²) in [6.07, 6.45) is 10.5. The maximum absolute atomic E-state index is 13.4. The van der Waals surface area contributed by atoms with Crippen LogP contribution >= 0.6 is 0 Å². The van der Waals surface area contributed by atoms with E-state index < -0.39 is 23.3 Å². The second kappa shape index (κ2) is 22.4. The molecular weight excluding hydrogens is 614 g/mol. The number of hydrogen-bond donors (Lipinski definition) is 5. The number of unbranched alkanes of at least 4 members (excludes halogenated alkanes) is 1. The Morgan fingerprint density at radius 2 is 1.23 bits per heavy atom. The van der Waals surface area contributed by atoms with Crippen molar-refractivity contribution in [2.24, 2.45) is 0 Å². The first kappa shape index (κ1) is 40.0. The SMILES string of the molecule is CNCCCN(CCCCN(CCCNC(=O)c1cccc(=O)n1O)C(=O)/C(=C/C=C\C=O)N(C)O)C(=O)/C(=C/C=C\C=O)N(C)O. The smallest absolute Gasteiger partial charge is 0.283 e. The van der Waals surface area contributed by atoms with Crippen LogP contribution in [-0.2, 0) is 19.2 Å². The van der Waals surface area contributed by atoms with E-state index in [9.17, 15) is 44.4 Å². The number of allylic oxidation sites excluding steroid dienone is 6. The first-order valence-corrected chi connectivity index (χ1v) is 14.9. The fraction of sp³-hybridized carbons (Fsp3) is 0.419. The number of likely N-dealkylation sites (N-methyl/N-ethyl adjacent to an activating group) is 2. The van der Waals surface area contributed by atoms with Crippen molar-refractivity contribution in [3.8, 4) is 0 Å². The molecule has 0 spiro atoms. The number of carbonyl (C=O) groups is 5. The Labute approximate surface area is 273 Å². The normalized spacial score (nSPS) is 11.9. The number of rotatable bonds is 22. The number of carbonyl (C=O) groups excluding carboxylic acids is 5. The molecule has 0 fully saturated rings. The molecule has 0 aliphatic carbocycles. The van der Waals surface area contributed by atoms with Gasteiger partial charge in [-0.3, -0.25) is 49.3 Å². The van der Waals surface area contributed by atoms with Gasteiger partial charge in [-0.25, -0.2) is 0 Å². The summed E-state index contributed by atoms with van der Waals surface area (Å²) >= 11 is 0. The summed E-state index contributed by atoms with van der Waals surface area (Å²) in [6.45, 7) is 1.73. The van der Waals surface area contributed by atoms with Crippen molar-refractivity contribution in [3.63, 3.8) is 0 Å². The Morgan fingerprint density at radius 1 is 0.766 bits per heavy atom. The highest BCUT2D eigenvalue weighted by Crippen LogP contribution is 2.11. The number of hydrogen-bond acceptors (Lipinski definition) is 12. The fourth-order valence-corrected chi connectivity index (χ4v) is 4.24. The summed E-state index contributed by atoms with van der Waals surface area (Å²) < 4.78 is 0.234. The van der Waals surface area contributed by atoms with E-state index in [-0.39, 0.29) is 54.4 Å². The number of nitrogens with one attached hydrogen (secondary N) is 2. The second-order valence-electron chi connectivity index (χ2n) is 10.1. The molecule has 1 heterocycles. The monoisotopic (exact) mass is 659 g/mol. The molecule has 1 aromatic rings. The minimum Gasteiger partial charge on any atom is -0.425 e.